The molecule has 0 saturated carbocycles. The average molecular weight is 259 g/mol. The van der Waals surface area contributed by atoms with Gasteiger partial charge in [-0.2, -0.15) is 0 Å². The van der Waals surface area contributed by atoms with E-state index in [0.29, 0.717) is 5.56 Å². The first-order chi connectivity index (χ1) is 7.82. The fraction of sp³-hybridized carbons (Fsp3) is 0.333. The van der Waals surface area contributed by atoms with Gasteiger partial charge in [-0.25, -0.2) is 0 Å². The molecule has 0 spiro atoms. The van der Waals surface area contributed by atoms with E-state index in [1.807, 2.05) is 0 Å². The molecule has 1 rings (SSSR count). The lowest BCUT2D eigenvalue weighted by Gasteiger charge is -2.27. The number of pyridine rings is 1. The molecule has 8 heteroatoms. The molecular formula is C9H14N3O4P. The first-order valence-corrected chi connectivity index (χ1v) is 6.44. The third-order valence-electron chi connectivity index (χ3n) is 2.12. The molecule has 0 radical (unpaired) electrons. The fourth-order valence-electron chi connectivity index (χ4n) is 1.57. The topological polar surface area (TPSA) is 117 Å². The van der Waals surface area contributed by atoms with E-state index in [2.05, 4.69) is 4.98 Å². The minimum absolute atomic E-state index is 0.245. The highest BCUT2D eigenvalue weighted by atomic mass is 31.2. The monoisotopic (exact) mass is 259 g/mol. The van der Waals surface area contributed by atoms with Crippen molar-refractivity contribution >= 4 is 13.5 Å². The summed E-state index contributed by atoms with van der Waals surface area (Å²) in [4.78, 5) is 34.4. The van der Waals surface area contributed by atoms with Gasteiger partial charge >= 0.3 is 7.60 Å². The zero-order valence-corrected chi connectivity index (χ0v) is 10.1. The summed E-state index contributed by atoms with van der Waals surface area (Å²) in [5.41, 5.74) is 5.34. The molecule has 0 aliphatic carbocycles. The molecule has 1 heterocycles. The van der Waals surface area contributed by atoms with Crippen LogP contribution in [-0.2, 0) is 9.36 Å². The Morgan fingerprint density at radius 1 is 1.65 bits per heavy atom. The largest absolute Gasteiger partial charge is 0.369 e. The fourth-order valence-corrected chi connectivity index (χ4v) is 2.70. The summed E-state index contributed by atoms with van der Waals surface area (Å²) >= 11 is 0. The van der Waals surface area contributed by atoms with E-state index in [-0.39, 0.29) is 6.54 Å². The highest BCUT2D eigenvalue weighted by molar-refractivity contribution is 7.52. The van der Waals surface area contributed by atoms with Crippen LogP contribution in [0, 0.1) is 0 Å². The summed E-state index contributed by atoms with van der Waals surface area (Å²) in [6, 6.07) is 3.10. The van der Waals surface area contributed by atoms with Crippen molar-refractivity contribution in [1.29, 1.82) is 0 Å². The summed E-state index contributed by atoms with van der Waals surface area (Å²) in [7, 11) is -3.01. The number of nitrogens with zero attached hydrogens (tertiary/aromatic N) is 2. The Morgan fingerprint density at radius 3 is 2.71 bits per heavy atom. The maximum atomic E-state index is 11.4. The predicted molar refractivity (Wildman–Crippen MR) is 60.8 cm³/mol. The molecule has 7 nitrogen and oxygen atoms in total. The lowest BCUT2D eigenvalue weighted by Crippen LogP contribution is -2.33. The SMILES string of the molecule is CN(CC(N)=O)C(c1cccnc1)P(=O)(O)O. The number of carbonyl (C=O) groups is 1. The minimum atomic E-state index is -4.43. The summed E-state index contributed by atoms with van der Waals surface area (Å²) < 4.78 is 11.4. The molecule has 17 heavy (non-hydrogen) atoms. The second-order valence-electron chi connectivity index (χ2n) is 3.63. The number of carbonyl (C=O) groups excluding carboxylic acids is 1. The Labute approximate surface area is 98.4 Å². The second kappa shape index (κ2) is 5.37. The van der Waals surface area contributed by atoms with Crippen LogP contribution in [0.5, 0.6) is 0 Å². The van der Waals surface area contributed by atoms with Crippen molar-refractivity contribution in [3.8, 4) is 0 Å². The van der Waals surface area contributed by atoms with Crippen LogP contribution in [-0.4, -0.2) is 39.2 Å². The highest BCUT2D eigenvalue weighted by Crippen LogP contribution is 2.52. The van der Waals surface area contributed by atoms with Gasteiger partial charge in [0.1, 0.15) is 5.78 Å². The number of amides is 1. The number of hydrogen-bond donors (Lipinski definition) is 3. The lowest BCUT2D eigenvalue weighted by atomic mass is 10.2. The lowest BCUT2D eigenvalue weighted by molar-refractivity contribution is -0.119. The summed E-state index contributed by atoms with van der Waals surface area (Å²) in [5, 5.41) is 0. The standard InChI is InChI=1S/C9H14N3O4P/c1-12(6-8(10)13)9(17(14,15)16)7-3-2-4-11-5-7/h2-5,9H,6H2,1H3,(H2,10,13)(H2,14,15,16). The van der Waals surface area contributed by atoms with Crippen LogP contribution >= 0.6 is 7.60 Å². The number of primary amides is 1. The summed E-state index contributed by atoms with van der Waals surface area (Å²) in [6.45, 7) is -0.245. The molecule has 0 aromatic carbocycles. The third-order valence-corrected chi connectivity index (χ3v) is 3.45. The van der Waals surface area contributed by atoms with Crippen molar-refractivity contribution in [2.24, 2.45) is 5.73 Å². The van der Waals surface area contributed by atoms with E-state index in [1.165, 1.54) is 30.4 Å². The zero-order valence-electron chi connectivity index (χ0n) is 9.22. The Hall–Kier alpha value is -1.27. The van der Waals surface area contributed by atoms with Gasteiger partial charge < -0.3 is 15.5 Å². The summed E-state index contributed by atoms with van der Waals surface area (Å²) in [5.74, 6) is -1.88. The molecule has 0 aliphatic rings. The number of likely N-dealkylation sites (N-methyl/N-ethyl adjacent to an activating group) is 1. The molecule has 1 unspecified atom stereocenters. The summed E-state index contributed by atoms with van der Waals surface area (Å²) in [6.07, 6.45) is 2.84. The number of rotatable bonds is 5. The molecule has 0 fully saturated rings. The first kappa shape index (κ1) is 13.8. The third kappa shape index (κ3) is 3.90. The van der Waals surface area contributed by atoms with Crippen molar-refractivity contribution < 1.29 is 19.1 Å². The van der Waals surface area contributed by atoms with Gasteiger partial charge in [0, 0.05) is 12.4 Å². The Bertz CT molecular complexity index is 433. The van der Waals surface area contributed by atoms with Gasteiger partial charge in [-0.05, 0) is 18.7 Å². The molecule has 1 aromatic rings. The molecular weight excluding hydrogens is 245 g/mol. The normalized spacial score (nSPS) is 13.6. The van der Waals surface area contributed by atoms with E-state index in [9.17, 15) is 19.1 Å². The van der Waals surface area contributed by atoms with E-state index in [0.717, 1.165) is 0 Å². The number of aromatic nitrogens is 1. The molecule has 0 saturated heterocycles. The predicted octanol–water partition coefficient (Wildman–Crippen LogP) is -0.325. The number of nitrogens with two attached hydrogens (primary N) is 1. The number of hydrogen-bond acceptors (Lipinski definition) is 4. The van der Waals surface area contributed by atoms with Crippen LogP contribution < -0.4 is 5.73 Å². The maximum Gasteiger partial charge on any atom is 0.347 e. The highest BCUT2D eigenvalue weighted by Gasteiger charge is 2.34. The van der Waals surface area contributed by atoms with Crippen molar-refractivity contribution in [2.45, 2.75) is 5.78 Å². The van der Waals surface area contributed by atoms with Crippen molar-refractivity contribution in [1.82, 2.24) is 9.88 Å². The zero-order chi connectivity index (χ0) is 13.1. The minimum Gasteiger partial charge on any atom is -0.369 e. The van der Waals surface area contributed by atoms with E-state index >= 15 is 0 Å². The molecule has 1 atom stereocenters. The van der Waals surface area contributed by atoms with Gasteiger partial charge in [0.2, 0.25) is 5.91 Å². The Kier molecular flexibility index (Phi) is 4.36. The Morgan fingerprint density at radius 2 is 2.29 bits per heavy atom. The van der Waals surface area contributed by atoms with Crippen LogP contribution in [0.2, 0.25) is 0 Å². The van der Waals surface area contributed by atoms with E-state index < -0.39 is 19.3 Å². The van der Waals surface area contributed by atoms with Gasteiger partial charge in [-0.3, -0.25) is 19.2 Å². The maximum absolute atomic E-state index is 11.4. The molecule has 94 valence electrons. The smallest absolute Gasteiger partial charge is 0.347 e. The van der Waals surface area contributed by atoms with Crippen LogP contribution in [0.3, 0.4) is 0 Å². The van der Waals surface area contributed by atoms with Gasteiger partial charge in [0.25, 0.3) is 0 Å². The van der Waals surface area contributed by atoms with E-state index in [4.69, 9.17) is 5.73 Å². The van der Waals surface area contributed by atoms with Crippen LogP contribution in [0.15, 0.2) is 24.5 Å². The average Bonchev–Trinajstić information content (AvgIpc) is 2.15. The van der Waals surface area contributed by atoms with Crippen molar-refractivity contribution in [2.75, 3.05) is 13.6 Å². The molecule has 1 amide bonds. The van der Waals surface area contributed by atoms with Crippen molar-refractivity contribution in [3.05, 3.63) is 30.1 Å². The first-order valence-electron chi connectivity index (χ1n) is 4.76. The molecule has 1 aromatic heterocycles. The van der Waals surface area contributed by atoms with Crippen LogP contribution in [0.4, 0.5) is 0 Å². The Balaban J connectivity index is 3.06. The van der Waals surface area contributed by atoms with E-state index in [1.54, 1.807) is 6.07 Å². The quantitative estimate of drug-likeness (QED) is 0.623. The molecule has 0 aliphatic heterocycles. The molecule has 4 N–H and O–H groups in total. The molecule has 0 bridgehead atoms. The van der Waals surface area contributed by atoms with Gasteiger partial charge in [-0.15, -0.1) is 0 Å². The van der Waals surface area contributed by atoms with Crippen LogP contribution in [0.1, 0.15) is 11.3 Å². The van der Waals surface area contributed by atoms with Gasteiger partial charge in [-0.1, -0.05) is 6.07 Å². The van der Waals surface area contributed by atoms with Gasteiger partial charge in [0.15, 0.2) is 0 Å². The van der Waals surface area contributed by atoms with Crippen LogP contribution in [0.25, 0.3) is 0 Å². The van der Waals surface area contributed by atoms with Crippen molar-refractivity contribution in [3.63, 3.8) is 0 Å². The second-order valence-corrected chi connectivity index (χ2v) is 5.30. The van der Waals surface area contributed by atoms with Gasteiger partial charge in [0.05, 0.1) is 6.54 Å².